The van der Waals surface area contributed by atoms with Crippen molar-refractivity contribution in [2.45, 2.75) is 20.4 Å². The summed E-state index contributed by atoms with van der Waals surface area (Å²) >= 11 is 13.2. The number of aromatic amines is 1. The summed E-state index contributed by atoms with van der Waals surface area (Å²) in [5.41, 5.74) is 7.86. The van der Waals surface area contributed by atoms with Gasteiger partial charge in [0.25, 0.3) is 11.8 Å². The predicted octanol–water partition coefficient (Wildman–Crippen LogP) is 3.88. The first-order valence-electron chi connectivity index (χ1n) is 13.2. The predicted molar refractivity (Wildman–Crippen MR) is 163 cm³/mol. The highest BCUT2D eigenvalue weighted by molar-refractivity contribution is 6.41. The zero-order chi connectivity index (χ0) is 30.6. The number of hydrogen-bond donors (Lipinski definition) is 3. The van der Waals surface area contributed by atoms with Gasteiger partial charge in [0.15, 0.2) is 17.3 Å². The van der Waals surface area contributed by atoms with Crippen LogP contribution in [0.1, 0.15) is 41.0 Å². The number of methoxy groups -OCH3 is 3. The molecule has 0 atom stereocenters. The van der Waals surface area contributed by atoms with Crippen molar-refractivity contribution in [3.05, 3.63) is 50.9 Å². The monoisotopic (exact) mass is 617 g/mol. The van der Waals surface area contributed by atoms with Gasteiger partial charge >= 0.3 is 0 Å². The Morgan fingerprint density at radius 1 is 1.12 bits per heavy atom. The molecule has 1 aliphatic heterocycles. The lowest BCUT2D eigenvalue weighted by molar-refractivity contribution is -0.113. The lowest BCUT2D eigenvalue weighted by Gasteiger charge is -2.20. The van der Waals surface area contributed by atoms with Crippen LogP contribution in [0.25, 0.3) is 11.6 Å². The highest BCUT2D eigenvalue weighted by Crippen LogP contribution is 2.47. The number of nitrogen functional groups attached to an aromatic ring is 1. The summed E-state index contributed by atoms with van der Waals surface area (Å²) in [5, 5.41) is 3.16. The number of rotatable bonds is 12. The van der Waals surface area contributed by atoms with Crippen molar-refractivity contribution in [3.8, 4) is 17.2 Å². The van der Waals surface area contributed by atoms with Crippen LogP contribution in [0.15, 0.2) is 18.3 Å². The molecule has 0 bridgehead atoms. The average molecular weight is 619 g/mol. The SMILES string of the molecule is CCN(CC)CCNC(=O)c1c[nH]c(C=C2C(=O)N(Cc3cc(OC)c(OC)c(OC)c3Cl)c3nc(N)nc(Cl)c32)c1. The molecule has 0 fully saturated rings. The molecule has 0 aliphatic carbocycles. The Kier molecular flexibility index (Phi) is 9.81. The number of H-pyrrole nitrogens is 1. The number of carbonyl (C=O) groups is 2. The van der Waals surface area contributed by atoms with Crippen molar-refractivity contribution in [3.63, 3.8) is 0 Å². The second-order valence-electron chi connectivity index (χ2n) is 9.27. The van der Waals surface area contributed by atoms with Crippen LogP contribution < -0.4 is 30.2 Å². The number of fused-ring (bicyclic) bond motifs is 1. The molecule has 224 valence electrons. The van der Waals surface area contributed by atoms with Crippen LogP contribution in [-0.2, 0) is 11.3 Å². The molecule has 2 amide bonds. The topological polar surface area (TPSA) is 148 Å². The first kappa shape index (κ1) is 30.9. The third kappa shape index (κ3) is 6.10. The fourth-order valence-corrected chi connectivity index (χ4v) is 5.25. The van der Waals surface area contributed by atoms with E-state index in [1.54, 1.807) is 24.4 Å². The highest BCUT2D eigenvalue weighted by Gasteiger charge is 2.38. The third-order valence-electron chi connectivity index (χ3n) is 6.91. The zero-order valence-corrected chi connectivity index (χ0v) is 25.5. The standard InChI is InChI=1S/C28H33Cl2N7O5/c1-6-36(7-2)9-8-32-26(38)15-10-17(33-13-15)12-18-20-24(30)34-28(31)35-25(20)37(27(18)39)14-16-11-19(40-3)22(41-4)23(42-5)21(16)29/h10-13,33H,6-9,14H2,1-5H3,(H,32,38)(H2,31,34,35). The fraction of sp³-hybridized carbons (Fsp3) is 0.357. The van der Waals surface area contributed by atoms with Gasteiger partial charge in [-0.25, -0.2) is 4.98 Å². The zero-order valence-electron chi connectivity index (χ0n) is 24.0. The number of aromatic nitrogens is 3. The minimum Gasteiger partial charge on any atom is -0.493 e. The molecule has 0 saturated carbocycles. The second kappa shape index (κ2) is 13.3. The van der Waals surface area contributed by atoms with Crippen LogP contribution in [0.2, 0.25) is 10.2 Å². The Morgan fingerprint density at radius 2 is 1.83 bits per heavy atom. The Bertz CT molecular complexity index is 1520. The van der Waals surface area contributed by atoms with Crippen LogP contribution in [0.3, 0.4) is 0 Å². The average Bonchev–Trinajstić information content (AvgIpc) is 3.54. The molecule has 3 heterocycles. The summed E-state index contributed by atoms with van der Waals surface area (Å²) in [6, 6.07) is 3.30. The van der Waals surface area contributed by atoms with Gasteiger partial charge in [0, 0.05) is 25.0 Å². The Labute approximate surface area is 253 Å². The summed E-state index contributed by atoms with van der Waals surface area (Å²) < 4.78 is 16.3. The smallest absolute Gasteiger partial charge is 0.260 e. The summed E-state index contributed by atoms with van der Waals surface area (Å²) in [4.78, 5) is 41.6. The molecule has 1 aliphatic rings. The highest BCUT2D eigenvalue weighted by atomic mass is 35.5. The van der Waals surface area contributed by atoms with Gasteiger partial charge in [0.05, 0.1) is 49.6 Å². The largest absolute Gasteiger partial charge is 0.493 e. The van der Waals surface area contributed by atoms with E-state index in [0.717, 1.165) is 19.6 Å². The minimum absolute atomic E-state index is 0.0107. The van der Waals surface area contributed by atoms with E-state index < -0.39 is 5.91 Å². The molecule has 2 aromatic heterocycles. The molecule has 0 radical (unpaired) electrons. The van der Waals surface area contributed by atoms with E-state index in [9.17, 15) is 9.59 Å². The Hall–Kier alpha value is -4.00. The van der Waals surface area contributed by atoms with Crippen LogP contribution in [0.5, 0.6) is 17.2 Å². The van der Waals surface area contributed by atoms with Crippen molar-refractivity contribution >= 4 is 58.4 Å². The molecule has 4 rings (SSSR count). The molecular weight excluding hydrogens is 585 g/mol. The first-order valence-corrected chi connectivity index (χ1v) is 14.0. The number of nitrogens with zero attached hydrogens (tertiary/aromatic N) is 4. The first-order chi connectivity index (χ1) is 20.2. The van der Waals surface area contributed by atoms with Gasteiger partial charge < -0.3 is 35.1 Å². The number of amides is 2. The quantitative estimate of drug-likeness (QED) is 0.203. The van der Waals surface area contributed by atoms with Crippen molar-refractivity contribution in [2.75, 3.05) is 58.1 Å². The molecular formula is C28H33Cl2N7O5. The number of benzene rings is 1. The number of ether oxygens (including phenoxy) is 3. The number of anilines is 2. The van der Waals surface area contributed by atoms with Crippen molar-refractivity contribution in [1.29, 1.82) is 0 Å². The summed E-state index contributed by atoms with van der Waals surface area (Å²) in [5.74, 6) is 0.408. The lowest BCUT2D eigenvalue weighted by Crippen LogP contribution is -2.34. The Balaban J connectivity index is 1.66. The molecule has 1 aromatic carbocycles. The maximum Gasteiger partial charge on any atom is 0.260 e. The molecule has 4 N–H and O–H groups in total. The van der Waals surface area contributed by atoms with Crippen LogP contribution in [-0.4, -0.2) is 79.2 Å². The number of nitrogens with two attached hydrogens (primary N) is 1. The van der Waals surface area contributed by atoms with E-state index in [-0.39, 0.29) is 45.7 Å². The van der Waals surface area contributed by atoms with E-state index in [1.807, 2.05) is 0 Å². The summed E-state index contributed by atoms with van der Waals surface area (Å²) in [6.45, 7) is 7.21. The molecule has 0 saturated heterocycles. The van der Waals surface area contributed by atoms with Crippen molar-refractivity contribution in [1.82, 2.24) is 25.2 Å². The number of hydrogen-bond acceptors (Lipinski definition) is 9. The molecule has 14 heteroatoms. The lowest BCUT2D eigenvalue weighted by atomic mass is 10.1. The molecule has 3 aromatic rings. The summed E-state index contributed by atoms with van der Waals surface area (Å²) in [6.07, 6.45) is 3.17. The van der Waals surface area contributed by atoms with E-state index in [1.165, 1.54) is 26.2 Å². The van der Waals surface area contributed by atoms with Gasteiger partial charge in [-0.15, -0.1) is 0 Å². The second-order valence-corrected chi connectivity index (χ2v) is 10.0. The number of halogens is 2. The van der Waals surface area contributed by atoms with Gasteiger partial charge in [-0.2, -0.15) is 4.98 Å². The van der Waals surface area contributed by atoms with E-state index in [0.29, 0.717) is 40.4 Å². The van der Waals surface area contributed by atoms with Crippen LogP contribution >= 0.6 is 23.2 Å². The van der Waals surface area contributed by atoms with Gasteiger partial charge in [-0.1, -0.05) is 37.0 Å². The van der Waals surface area contributed by atoms with Crippen LogP contribution in [0.4, 0.5) is 11.8 Å². The van der Waals surface area contributed by atoms with Crippen molar-refractivity contribution < 1.29 is 23.8 Å². The molecule has 12 nitrogen and oxygen atoms in total. The van der Waals surface area contributed by atoms with Crippen LogP contribution in [0, 0.1) is 0 Å². The van der Waals surface area contributed by atoms with Gasteiger partial charge in [-0.05, 0) is 36.9 Å². The van der Waals surface area contributed by atoms with Gasteiger partial charge in [-0.3, -0.25) is 14.5 Å². The fourth-order valence-electron chi connectivity index (χ4n) is 4.70. The molecule has 42 heavy (non-hydrogen) atoms. The van der Waals surface area contributed by atoms with E-state index in [2.05, 4.69) is 39.0 Å². The normalized spacial score (nSPS) is 13.6. The summed E-state index contributed by atoms with van der Waals surface area (Å²) in [7, 11) is 4.40. The number of carbonyl (C=O) groups excluding carboxylic acids is 2. The Morgan fingerprint density at radius 3 is 2.48 bits per heavy atom. The van der Waals surface area contributed by atoms with Gasteiger partial charge in [0.1, 0.15) is 5.15 Å². The number of likely N-dealkylation sites (N-methyl/N-ethyl adjacent to an activating group) is 1. The molecule has 0 spiro atoms. The minimum atomic E-state index is -0.420. The van der Waals surface area contributed by atoms with Gasteiger partial charge in [0.2, 0.25) is 11.7 Å². The maximum absolute atomic E-state index is 13.8. The number of nitrogens with one attached hydrogen (secondary N) is 2. The van der Waals surface area contributed by atoms with Crippen molar-refractivity contribution in [2.24, 2.45) is 0 Å². The third-order valence-corrected chi connectivity index (χ3v) is 7.60. The van der Waals surface area contributed by atoms with E-state index in [4.69, 9.17) is 43.1 Å². The maximum atomic E-state index is 13.8. The van der Waals surface area contributed by atoms with E-state index >= 15 is 0 Å². The molecule has 0 unspecified atom stereocenters.